The Bertz CT molecular complexity index is 1100. The van der Waals surface area contributed by atoms with Crippen LogP contribution in [0.5, 0.6) is 0 Å². The number of hydrogen-bond acceptors (Lipinski definition) is 5. The van der Waals surface area contributed by atoms with Gasteiger partial charge in [0.05, 0.1) is 11.8 Å². The molecule has 1 N–H and O–H groups in total. The van der Waals surface area contributed by atoms with Crippen molar-refractivity contribution in [1.82, 2.24) is 4.90 Å². The highest BCUT2D eigenvalue weighted by Gasteiger charge is 2.62. The number of anilines is 1. The van der Waals surface area contributed by atoms with Gasteiger partial charge in [-0.2, -0.15) is 0 Å². The van der Waals surface area contributed by atoms with E-state index >= 15 is 0 Å². The van der Waals surface area contributed by atoms with Gasteiger partial charge in [0, 0.05) is 12.1 Å². The number of fused-ring (bicyclic) bond motifs is 5. The largest absolute Gasteiger partial charge is 0.454 e. The van der Waals surface area contributed by atoms with E-state index in [4.69, 9.17) is 4.74 Å². The smallest absolute Gasteiger partial charge is 0.330 e. The fourth-order valence-corrected chi connectivity index (χ4v) is 6.11. The van der Waals surface area contributed by atoms with Gasteiger partial charge in [-0.15, -0.1) is 0 Å². The van der Waals surface area contributed by atoms with Crippen molar-refractivity contribution in [2.24, 2.45) is 23.7 Å². The van der Waals surface area contributed by atoms with E-state index in [1.807, 2.05) is 49.4 Å². The minimum absolute atomic E-state index is 0.159. The number of hydrogen-bond donors (Lipinski definition) is 1. The Balaban J connectivity index is 1.29. The van der Waals surface area contributed by atoms with Crippen LogP contribution in [0.3, 0.4) is 0 Å². The minimum atomic E-state index is -1.08. The number of carbonyl (C=O) groups is 4. The topological polar surface area (TPSA) is 92.8 Å². The Kier molecular flexibility index (Phi) is 6.41. The third-order valence-electron chi connectivity index (χ3n) is 7.81. The van der Waals surface area contributed by atoms with Crippen LogP contribution in [0.15, 0.2) is 54.6 Å². The number of carbonyl (C=O) groups excluding carboxylic acids is 4. The molecule has 3 aliphatic rings. The molecule has 0 radical (unpaired) electrons. The molecule has 5 atom stereocenters. The number of esters is 1. The highest BCUT2D eigenvalue weighted by molar-refractivity contribution is 6.08. The first-order chi connectivity index (χ1) is 17.0. The summed E-state index contributed by atoms with van der Waals surface area (Å²) >= 11 is 0. The maximum absolute atomic E-state index is 13.4. The third kappa shape index (κ3) is 4.47. The molecule has 2 aliphatic carbocycles. The van der Waals surface area contributed by atoms with E-state index < -0.39 is 24.5 Å². The predicted octanol–water partition coefficient (Wildman–Crippen LogP) is 3.37. The molecule has 3 amide bonds. The van der Waals surface area contributed by atoms with Gasteiger partial charge in [0.2, 0.25) is 11.8 Å². The number of aryl methyl sites for hydroxylation is 1. The van der Waals surface area contributed by atoms with E-state index in [1.54, 1.807) is 12.1 Å². The highest BCUT2D eigenvalue weighted by Crippen LogP contribution is 2.56. The van der Waals surface area contributed by atoms with Gasteiger partial charge in [-0.1, -0.05) is 49.4 Å². The Morgan fingerprint density at radius 2 is 1.57 bits per heavy atom. The summed E-state index contributed by atoms with van der Waals surface area (Å²) in [5, 5.41) is 2.71. The molecule has 35 heavy (non-hydrogen) atoms. The van der Waals surface area contributed by atoms with Gasteiger partial charge in [0.1, 0.15) is 6.04 Å². The monoisotopic (exact) mass is 474 g/mol. The lowest BCUT2D eigenvalue weighted by molar-refractivity contribution is -0.160. The van der Waals surface area contributed by atoms with Gasteiger partial charge in [-0.3, -0.25) is 19.3 Å². The first-order valence-electron chi connectivity index (χ1n) is 12.4. The van der Waals surface area contributed by atoms with Gasteiger partial charge < -0.3 is 10.1 Å². The van der Waals surface area contributed by atoms with Gasteiger partial charge in [0.25, 0.3) is 5.91 Å². The van der Waals surface area contributed by atoms with Crippen LogP contribution < -0.4 is 5.32 Å². The van der Waals surface area contributed by atoms with Crippen LogP contribution in [-0.2, 0) is 36.8 Å². The molecule has 0 unspecified atom stereocenters. The molecule has 1 saturated heterocycles. The Labute approximate surface area is 204 Å². The van der Waals surface area contributed by atoms with Crippen molar-refractivity contribution >= 4 is 29.4 Å². The molecule has 2 aromatic rings. The lowest BCUT2D eigenvalue weighted by Crippen LogP contribution is -2.48. The Morgan fingerprint density at radius 1 is 0.943 bits per heavy atom. The van der Waals surface area contributed by atoms with Crippen LogP contribution in [0, 0.1) is 23.7 Å². The van der Waals surface area contributed by atoms with E-state index in [0.29, 0.717) is 5.69 Å². The zero-order valence-electron chi connectivity index (χ0n) is 19.8. The molecule has 0 aromatic heterocycles. The molecule has 3 fully saturated rings. The average Bonchev–Trinajstić information content (AvgIpc) is 3.56. The van der Waals surface area contributed by atoms with Crippen LogP contribution >= 0.6 is 0 Å². The first kappa shape index (κ1) is 23.3. The van der Waals surface area contributed by atoms with Crippen molar-refractivity contribution in [1.29, 1.82) is 0 Å². The molecule has 7 nitrogen and oxygen atoms in total. The third-order valence-corrected chi connectivity index (χ3v) is 7.81. The standard InChI is InChI=1S/C28H30N2O5/c1-2-17-8-12-21(13-9-17)29-23(31)16-35-28(34)22(14-18-6-4-3-5-7-18)30-26(32)24-19-10-11-20(15-19)25(24)27(30)33/h3-9,12-13,19-20,22,24-25H,2,10-11,14-16H2,1H3,(H,29,31)/t19-,20-,22+,24-,25+/m0/s1. The summed E-state index contributed by atoms with van der Waals surface area (Å²) in [6.45, 7) is 1.56. The second-order valence-electron chi connectivity index (χ2n) is 9.84. The second-order valence-corrected chi connectivity index (χ2v) is 9.84. The number of benzene rings is 2. The van der Waals surface area contributed by atoms with Crippen molar-refractivity contribution in [3.63, 3.8) is 0 Å². The van der Waals surface area contributed by atoms with Crippen LogP contribution in [-0.4, -0.2) is 41.2 Å². The molecule has 1 heterocycles. The van der Waals surface area contributed by atoms with Crippen LogP contribution in [0.4, 0.5) is 5.69 Å². The number of likely N-dealkylation sites (tertiary alicyclic amines) is 1. The van der Waals surface area contributed by atoms with E-state index in [-0.39, 0.29) is 41.9 Å². The number of imide groups is 1. The predicted molar refractivity (Wildman–Crippen MR) is 129 cm³/mol. The van der Waals surface area contributed by atoms with Crippen LogP contribution in [0.2, 0.25) is 0 Å². The molecule has 2 aromatic carbocycles. The summed E-state index contributed by atoms with van der Waals surface area (Å²) in [6.07, 6.45) is 3.91. The molecule has 0 spiro atoms. The van der Waals surface area contributed by atoms with Gasteiger partial charge in [0.15, 0.2) is 6.61 Å². The summed E-state index contributed by atoms with van der Waals surface area (Å²) in [7, 11) is 0. The average molecular weight is 475 g/mol. The zero-order chi connectivity index (χ0) is 24.5. The van der Waals surface area contributed by atoms with Crippen LogP contribution in [0.25, 0.3) is 0 Å². The highest BCUT2D eigenvalue weighted by atomic mass is 16.5. The minimum Gasteiger partial charge on any atom is -0.454 e. The maximum atomic E-state index is 13.4. The summed E-state index contributed by atoms with van der Waals surface area (Å²) in [5.41, 5.74) is 2.57. The number of nitrogens with one attached hydrogen (secondary N) is 1. The molecule has 182 valence electrons. The zero-order valence-corrected chi connectivity index (χ0v) is 19.8. The lowest BCUT2D eigenvalue weighted by Gasteiger charge is -2.26. The number of ether oxygens (including phenoxy) is 1. The SMILES string of the molecule is CCc1ccc(NC(=O)COC(=O)[C@@H](Cc2ccccc2)N2C(=O)[C@@H]3[C@H]4CC[C@@H](C4)[C@@H]3C2=O)cc1. The molecule has 2 saturated carbocycles. The van der Waals surface area contributed by atoms with Gasteiger partial charge in [-0.25, -0.2) is 4.79 Å². The van der Waals surface area contributed by atoms with E-state index in [1.165, 1.54) is 0 Å². The number of rotatable bonds is 8. The first-order valence-corrected chi connectivity index (χ1v) is 12.4. The van der Waals surface area contributed by atoms with E-state index in [0.717, 1.165) is 41.7 Å². The van der Waals surface area contributed by atoms with Crippen molar-refractivity contribution in [3.05, 3.63) is 65.7 Å². The molecule has 7 heteroatoms. The fraction of sp³-hybridized carbons (Fsp3) is 0.429. The number of amides is 3. The summed E-state index contributed by atoms with van der Waals surface area (Å²) in [6, 6.07) is 15.6. The van der Waals surface area contributed by atoms with Crippen molar-refractivity contribution in [2.45, 2.75) is 45.1 Å². The van der Waals surface area contributed by atoms with E-state index in [9.17, 15) is 19.2 Å². The molecular weight excluding hydrogens is 444 g/mol. The quantitative estimate of drug-likeness (QED) is 0.468. The molecule has 5 rings (SSSR count). The van der Waals surface area contributed by atoms with Crippen molar-refractivity contribution in [3.8, 4) is 0 Å². The summed E-state index contributed by atoms with van der Waals surface area (Å²) < 4.78 is 5.36. The Morgan fingerprint density at radius 3 is 2.17 bits per heavy atom. The summed E-state index contributed by atoms with van der Waals surface area (Å²) in [4.78, 5) is 53.5. The fourth-order valence-electron chi connectivity index (χ4n) is 6.11. The molecule has 1 aliphatic heterocycles. The van der Waals surface area contributed by atoms with Crippen LogP contribution in [0.1, 0.15) is 37.3 Å². The maximum Gasteiger partial charge on any atom is 0.330 e. The second kappa shape index (κ2) is 9.64. The number of nitrogens with zero attached hydrogens (tertiary/aromatic N) is 1. The molecule has 2 bridgehead atoms. The van der Waals surface area contributed by atoms with Gasteiger partial charge in [-0.05, 0) is 60.8 Å². The normalized spacial score (nSPS) is 25.5. The van der Waals surface area contributed by atoms with Crippen molar-refractivity contribution in [2.75, 3.05) is 11.9 Å². The van der Waals surface area contributed by atoms with E-state index in [2.05, 4.69) is 5.32 Å². The molecular formula is C28H30N2O5. The van der Waals surface area contributed by atoms with Crippen molar-refractivity contribution < 1.29 is 23.9 Å². The lowest BCUT2D eigenvalue weighted by atomic mass is 9.81. The Hall–Kier alpha value is -3.48. The van der Waals surface area contributed by atoms with Gasteiger partial charge >= 0.3 is 5.97 Å². The summed E-state index contributed by atoms with van der Waals surface area (Å²) in [5.74, 6) is -1.91.